The first kappa shape index (κ1) is 19.7. The van der Waals surface area contributed by atoms with Crippen LogP contribution in [0.3, 0.4) is 0 Å². The Balaban J connectivity index is 1.52. The minimum Gasteiger partial charge on any atom is -0.355 e. The predicted molar refractivity (Wildman–Crippen MR) is 106 cm³/mol. The molecular weight excluding hydrogens is 408 g/mol. The summed E-state index contributed by atoms with van der Waals surface area (Å²) in [7, 11) is -3.46. The maximum atomic E-state index is 12.2. The zero-order valence-electron chi connectivity index (χ0n) is 14.1. The van der Waals surface area contributed by atoms with E-state index in [9.17, 15) is 18.0 Å². The van der Waals surface area contributed by atoms with Crippen molar-refractivity contribution in [2.75, 3.05) is 17.6 Å². The lowest BCUT2D eigenvalue weighted by molar-refractivity contribution is -0.123. The molecule has 0 radical (unpaired) electrons. The summed E-state index contributed by atoms with van der Waals surface area (Å²) < 4.78 is 24.4. The van der Waals surface area contributed by atoms with Crippen molar-refractivity contribution in [2.45, 2.75) is 21.5 Å². The smallest absolute Gasteiger partial charge is 0.238 e. The molecule has 1 heterocycles. The topological polar surface area (TPSA) is 92.3 Å². The maximum absolute atomic E-state index is 12.2. The summed E-state index contributed by atoms with van der Waals surface area (Å²) in [5, 5.41) is 5.25. The third-order valence-corrected chi connectivity index (χ3v) is 7.17. The van der Waals surface area contributed by atoms with E-state index in [0.29, 0.717) is 10.7 Å². The van der Waals surface area contributed by atoms with Crippen molar-refractivity contribution < 1.29 is 18.0 Å². The second-order valence-corrected chi connectivity index (χ2v) is 9.71. The Morgan fingerprint density at radius 1 is 1.19 bits per heavy atom. The van der Waals surface area contributed by atoms with E-state index < -0.39 is 15.1 Å². The summed E-state index contributed by atoms with van der Waals surface area (Å²) in [5.41, 5.74) is 0.628. The van der Waals surface area contributed by atoms with E-state index in [-0.39, 0.29) is 35.4 Å². The number of thioether (sulfide) groups is 1. The molecule has 0 saturated carbocycles. The van der Waals surface area contributed by atoms with Crippen LogP contribution in [0.2, 0.25) is 5.02 Å². The molecule has 1 aliphatic rings. The highest BCUT2D eigenvalue weighted by atomic mass is 35.5. The number of carbonyl (C=O) groups is 2. The van der Waals surface area contributed by atoms with Gasteiger partial charge in [-0.1, -0.05) is 29.8 Å². The van der Waals surface area contributed by atoms with E-state index in [1.54, 1.807) is 36.4 Å². The largest absolute Gasteiger partial charge is 0.355 e. The maximum Gasteiger partial charge on any atom is 0.238 e. The van der Waals surface area contributed by atoms with Crippen LogP contribution in [-0.2, 0) is 19.4 Å². The monoisotopic (exact) mass is 424 g/mol. The van der Waals surface area contributed by atoms with Crippen LogP contribution < -0.4 is 10.6 Å². The fourth-order valence-electron chi connectivity index (χ4n) is 2.57. The van der Waals surface area contributed by atoms with E-state index in [1.807, 2.05) is 0 Å². The van der Waals surface area contributed by atoms with Gasteiger partial charge in [0, 0.05) is 22.9 Å². The van der Waals surface area contributed by atoms with Gasteiger partial charge in [0.05, 0.1) is 21.6 Å². The Morgan fingerprint density at radius 2 is 1.93 bits per heavy atom. The first-order valence-electron chi connectivity index (χ1n) is 8.17. The number of halogens is 1. The number of rotatable bonds is 6. The summed E-state index contributed by atoms with van der Waals surface area (Å²) in [6, 6.07) is 13.2. The van der Waals surface area contributed by atoms with Crippen molar-refractivity contribution in [3.63, 3.8) is 0 Å². The summed E-state index contributed by atoms with van der Waals surface area (Å²) >= 11 is 7.20. The fourth-order valence-corrected chi connectivity index (χ4v) is 5.01. The number of carbonyl (C=O) groups excluding carboxylic acids is 2. The number of benzene rings is 2. The molecule has 2 N–H and O–H groups in total. The van der Waals surface area contributed by atoms with Crippen molar-refractivity contribution in [3.05, 3.63) is 53.6 Å². The number of amides is 2. The van der Waals surface area contributed by atoms with E-state index >= 15 is 0 Å². The van der Waals surface area contributed by atoms with Gasteiger partial charge in [-0.25, -0.2) is 8.42 Å². The molecule has 2 aromatic rings. The molecular formula is C18H17ClN2O4S2. The second-order valence-electron chi connectivity index (χ2n) is 5.92. The minimum atomic E-state index is -3.46. The molecule has 0 bridgehead atoms. The van der Waals surface area contributed by atoms with Gasteiger partial charge in [0.15, 0.2) is 9.84 Å². The lowest BCUT2D eigenvalue weighted by atomic mass is 10.2. The summed E-state index contributed by atoms with van der Waals surface area (Å²) in [5.74, 6) is -0.848. The van der Waals surface area contributed by atoms with Gasteiger partial charge in [-0.15, -0.1) is 11.8 Å². The van der Waals surface area contributed by atoms with Crippen LogP contribution in [0, 0.1) is 0 Å². The van der Waals surface area contributed by atoms with Gasteiger partial charge in [-0.2, -0.15) is 0 Å². The van der Waals surface area contributed by atoms with Crippen LogP contribution in [0.1, 0.15) is 6.42 Å². The van der Waals surface area contributed by atoms with Crippen LogP contribution in [0.4, 0.5) is 5.69 Å². The van der Waals surface area contributed by atoms with Crippen molar-refractivity contribution in [2.24, 2.45) is 0 Å². The summed E-state index contributed by atoms with van der Waals surface area (Å²) in [6.07, 6.45) is -0.0377. The Morgan fingerprint density at radius 3 is 2.67 bits per heavy atom. The van der Waals surface area contributed by atoms with Crippen molar-refractivity contribution in [1.29, 1.82) is 0 Å². The molecule has 1 unspecified atom stereocenters. The Labute approximate surface area is 166 Å². The van der Waals surface area contributed by atoms with Gasteiger partial charge >= 0.3 is 0 Å². The van der Waals surface area contributed by atoms with E-state index in [2.05, 4.69) is 10.6 Å². The van der Waals surface area contributed by atoms with Crippen molar-refractivity contribution in [3.8, 4) is 0 Å². The molecule has 0 aliphatic carbocycles. The molecule has 0 saturated heterocycles. The normalized spacial score (nSPS) is 16.3. The fraction of sp³-hybridized carbons (Fsp3) is 0.222. The summed E-state index contributed by atoms with van der Waals surface area (Å²) in [6.45, 7) is -0.0126. The van der Waals surface area contributed by atoms with Crippen molar-refractivity contribution in [1.82, 2.24) is 5.32 Å². The number of nitrogens with one attached hydrogen (secondary N) is 2. The van der Waals surface area contributed by atoms with Crippen LogP contribution >= 0.6 is 23.4 Å². The second kappa shape index (κ2) is 8.33. The highest BCUT2D eigenvalue weighted by Gasteiger charge is 2.29. The number of fused-ring (bicyclic) bond motifs is 1. The summed E-state index contributed by atoms with van der Waals surface area (Å²) in [4.78, 5) is 25.4. The molecule has 2 amide bonds. The van der Waals surface area contributed by atoms with Crippen LogP contribution in [0.5, 0.6) is 0 Å². The number of sulfone groups is 1. The molecule has 1 atom stereocenters. The molecule has 3 rings (SSSR count). The van der Waals surface area contributed by atoms with Crippen molar-refractivity contribution >= 4 is 50.7 Å². The molecule has 0 aromatic heterocycles. The third-order valence-electron chi connectivity index (χ3n) is 3.93. The van der Waals surface area contributed by atoms with E-state index in [1.165, 1.54) is 23.9 Å². The number of anilines is 1. The highest BCUT2D eigenvalue weighted by Crippen LogP contribution is 2.38. The molecule has 142 valence electrons. The lowest BCUT2D eigenvalue weighted by Gasteiger charge is -2.23. The van der Waals surface area contributed by atoms with Crippen LogP contribution in [0.15, 0.2) is 58.3 Å². The molecule has 9 heteroatoms. The number of hydrogen-bond acceptors (Lipinski definition) is 5. The van der Waals surface area contributed by atoms with Gasteiger partial charge in [0.1, 0.15) is 0 Å². The van der Waals surface area contributed by atoms with Gasteiger partial charge in [0.2, 0.25) is 11.8 Å². The third kappa shape index (κ3) is 5.03. The SMILES string of the molecule is O=C(CC1Sc2ccc(Cl)cc2NC1=O)NCCS(=O)(=O)c1ccccc1. The standard InChI is InChI=1S/C18H17ClN2O4S2/c19-12-6-7-15-14(10-12)21-18(23)16(26-15)11-17(22)20-8-9-27(24,25)13-4-2-1-3-5-13/h1-7,10,16H,8-9,11H2,(H,20,22)(H,21,23). The number of hydrogen-bond donors (Lipinski definition) is 2. The van der Waals surface area contributed by atoms with Gasteiger partial charge in [-0.05, 0) is 30.3 Å². The van der Waals surface area contributed by atoms with E-state index in [0.717, 1.165) is 4.90 Å². The molecule has 6 nitrogen and oxygen atoms in total. The first-order chi connectivity index (χ1) is 12.8. The molecule has 0 spiro atoms. The predicted octanol–water partition coefficient (Wildman–Crippen LogP) is 2.73. The van der Waals surface area contributed by atoms with Crippen LogP contribution in [0.25, 0.3) is 0 Å². The molecule has 2 aromatic carbocycles. The van der Waals surface area contributed by atoms with Crippen LogP contribution in [-0.4, -0.2) is 37.8 Å². The Kier molecular flexibility index (Phi) is 6.08. The van der Waals surface area contributed by atoms with Gasteiger partial charge < -0.3 is 10.6 Å². The average Bonchev–Trinajstić information content (AvgIpc) is 2.63. The molecule has 1 aliphatic heterocycles. The highest BCUT2D eigenvalue weighted by molar-refractivity contribution is 8.01. The zero-order valence-corrected chi connectivity index (χ0v) is 16.5. The van der Waals surface area contributed by atoms with Gasteiger partial charge in [0.25, 0.3) is 0 Å². The molecule has 27 heavy (non-hydrogen) atoms. The van der Waals surface area contributed by atoms with Gasteiger partial charge in [-0.3, -0.25) is 9.59 Å². The Hall–Kier alpha value is -2.03. The zero-order chi connectivity index (χ0) is 19.4. The quantitative estimate of drug-likeness (QED) is 0.743. The van der Waals surface area contributed by atoms with E-state index in [4.69, 9.17) is 11.6 Å². The Bertz CT molecular complexity index is 965. The minimum absolute atomic E-state index is 0.0126. The molecule has 0 fully saturated rings. The average molecular weight is 425 g/mol. The first-order valence-corrected chi connectivity index (χ1v) is 11.1. The lowest BCUT2D eigenvalue weighted by Crippen LogP contribution is -2.36.